The molecular formula is C13H20N2O3S. The van der Waals surface area contributed by atoms with Crippen LogP contribution < -0.4 is 10.0 Å². The van der Waals surface area contributed by atoms with Gasteiger partial charge in [0.05, 0.1) is 17.8 Å². The lowest BCUT2D eigenvalue weighted by molar-refractivity contribution is 0.144. The van der Waals surface area contributed by atoms with Crippen LogP contribution in [0.15, 0.2) is 29.2 Å². The Morgan fingerprint density at radius 2 is 2.00 bits per heavy atom. The monoisotopic (exact) mass is 284 g/mol. The molecule has 5 nitrogen and oxygen atoms in total. The largest absolute Gasteiger partial charge is 0.394 e. The number of benzene rings is 1. The average molecular weight is 284 g/mol. The van der Waals surface area contributed by atoms with Gasteiger partial charge in [-0.05, 0) is 31.4 Å². The highest BCUT2D eigenvalue weighted by atomic mass is 32.2. The molecule has 0 unspecified atom stereocenters. The van der Waals surface area contributed by atoms with E-state index in [0.29, 0.717) is 12.2 Å². The molecule has 1 saturated carbocycles. The minimum absolute atomic E-state index is 0.0165. The summed E-state index contributed by atoms with van der Waals surface area (Å²) in [6.45, 7) is 2.11. The summed E-state index contributed by atoms with van der Waals surface area (Å²) in [6, 6.07) is 6.79. The van der Waals surface area contributed by atoms with Crippen molar-refractivity contribution < 1.29 is 13.5 Å². The van der Waals surface area contributed by atoms with Crippen LogP contribution in [0.4, 0.5) is 5.69 Å². The SMILES string of the molecule is CCNS(=O)(=O)c1ccccc1NC1(CO)CCC1. The summed E-state index contributed by atoms with van der Waals surface area (Å²) < 4.78 is 26.7. The van der Waals surface area contributed by atoms with Crippen molar-refractivity contribution in [3.8, 4) is 0 Å². The van der Waals surface area contributed by atoms with Crippen LogP contribution in [0.25, 0.3) is 0 Å². The summed E-state index contributed by atoms with van der Waals surface area (Å²) in [6.07, 6.45) is 2.77. The molecule has 3 N–H and O–H groups in total. The maximum Gasteiger partial charge on any atom is 0.242 e. The van der Waals surface area contributed by atoms with E-state index in [2.05, 4.69) is 10.0 Å². The number of sulfonamides is 1. The molecule has 0 radical (unpaired) electrons. The second kappa shape index (κ2) is 5.48. The second-order valence-electron chi connectivity index (χ2n) is 4.91. The average Bonchev–Trinajstić information content (AvgIpc) is 2.34. The predicted octanol–water partition coefficient (Wildman–Crippen LogP) is 1.31. The third kappa shape index (κ3) is 2.91. The Morgan fingerprint density at radius 1 is 1.32 bits per heavy atom. The Balaban J connectivity index is 2.31. The van der Waals surface area contributed by atoms with Crippen molar-refractivity contribution in [2.45, 2.75) is 36.6 Å². The molecule has 0 spiro atoms. The Labute approximate surface area is 114 Å². The van der Waals surface area contributed by atoms with Gasteiger partial charge in [0.15, 0.2) is 0 Å². The van der Waals surface area contributed by atoms with Crippen molar-refractivity contribution in [1.82, 2.24) is 4.72 Å². The highest BCUT2D eigenvalue weighted by Gasteiger charge is 2.37. The third-order valence-electron chi connectivity index (χ3n) is 3.52. The molecule has 0 saturated heterocycles. The van der Waals surface area contributed by atoms with E-state index in [1.165, 1.54) is 0 Å². The Hall–Kier alpha value is -1.11. The molecule has 1 aliphatic carbocycles. The zero-order valence-corrected chi connectivity index (χ0v) is 11.8. The lowest BCUT2D eigenvalue weighted by Gasteiger charge is -2.42. The van der Waals surface area contributed by atoms with E-state index < -0.39 is 10.0 Å². The van der Waals surface area contributed by atoms with Gasteiger partial charge >= 0.3 is 0 Å². The molecular weight excluding hydrogens is 264 g/mol. The quantitative estimate of drug-likeness (QED) is 0.736. The van der Waals surface area contributed by atoms with E-state index >= 15 is 0 Å². The summed E-state index contributed by atoms with van der Waals surface area (Å²) in [5.41, 5.74) is 0.190. The molecule has 6 heteroatoms. The maximum atomic E-state index is 12.1. The molecule has 0 atom stereocenters. The van der Waals surface area contributed by atoms with Crippen molar-refractivity contribution in [3.05, 3.63) is 24.3 Å². The Bertz CT molecular complexity index is 533. The number of nitrogens with one attached hydrogen (secondary N) is 2. The first kappa shape index (κ1) is 14.3. The van der Waals surface area contributed by atoms with Crippen LogP contribution in [-0.4, -0.2) is 32.2 Å². The summed E-state index contributed by atoms with van der Waals surface area (Å²) in [4.78, 5) is 0.233. The van der Waals surface area contributed by atoms with Gasteiger partial charge in [0.1, 0.15) is 4.90 Å². The second-order valence-corrected chi connectivity index (χ2v) is 6.65. The normalized spacial score (nSPS) is 17.8. The van der Waals surface area contributed by atoms with E-state index in [1.54, 1.807) is 31.2 Å². The molecule has 0 amide bonds. The zero-order chi connectivity index (χ0) is 13.9. The lowest BCUT2D eigenvalue weighted by Crippen LogP contribution is -2.48. The smallest absolute Gasteiger partial charge is 0.242 e. The van der Waals surface area contributed by atoms with E-state index in [1.807, 2.05) is 0 Å². The Kier molecular flexibility index (Phi) is 4.13. The Morgan fingerprint density at radius 3 is 2.53 bits per heavy atom. The molecule has 1 fully saturated rings. The molecule has 1 aromatic carbocycles. The van der Waals surface area contributed by atoms with Gasteiger partial charge in [-0.2, -0.15) is 0 Å². The number of anilines is 1. The topological polar surface area (TPSA) is 78.4 Å². The van der Waals surface area contributed by atoms with Gasteiger partial charge in [-0.1, -0.05) is 19.1 Å². The lowest BCUT2D eigenvalue weighted by atomic mass is 9.77. The molecule has 19 heavy (non-hydrogen) atoms. The van der Waals surface area contributed by atoms with Crippen molar-refractivity contribution in [2.24, 2.45) is 0 Å². The maximum absolute atomic E-state index is 12.1. The fourth-order valence-corrected chi connectivity index (χ4v) is 3.49. The van der Waals surface area contributed by atoms with Crippen LogP contribution in [0.3, 0.4) is 0 Å². The first-order valence-electron chi connectivity index (χ1n) is 6.51. The van der Waals surface area contributed by atoms with Crippen molar-refractivity contribution in [1.29, 1.82) is 0 Å². The fraction of sp³-hybridized carbons (Fsp3) is 0.538. The van der Waals surface area contributed by atoms with Gasteiger partial charge in [-0.25, -0.2) is 13.1 Å². The van der Waals surface area contributed by atoms with Gasteiger partial charge < -0.3 is 10.4 Å². The molecule has 0 heterocycles. The van der Waals surface area contributed by atoms with Crippen molar-refractivity contribution >= 4 is 15.7 Å². The molecule has 106 valence electrons. The van der Waals surface area contributed by atoms with Gasteiger partial charge in [0.25, 0.3) is 0 Å². The van der Waals surface area contributed by atoms with E-state index in [4.69, 9.17) is 0 Å². The van der Waals surface area contributed by atoms with E-state index in [9.17, 15) is 13.5 Å². The van der Waals surface area contributed by atoms with Crippen LogP contribution in [0.1, 0.15) is 26.2 Å². The van der Waals surface area contributed by atoms with Crippen LogP contribution >= 0.6 is 0 Å². The minimum Gasteiger partial charge on any atom is -0.394 e. The molecule has 0 aromatic heterocycles. The number of hydrogen-bond donors (Lipinski definition) is 3. The van der Waals surface area contributed by atoms with Crippen molar-refractivity contribution in [2.75, 3.05) is 18.5 Å². The standard InChI is InChI=1S/C13H20N2O3S/c1-2-14-19(17,18)12-7-4-3-6-11(12)15-13(10-16)8-5-9-13/h3-4,6-7,14-16H,2,5,8-10H2,1H3. The number of rotatable bonds is 6. The summed E-state index contributed by atoms with van der Waals surface area (Å²) >= 11 is 0. The van der Waals surface area contributed by atoms with Crippen molar-refractivity contribution in [3.63, 3.8) is 0 Å². The van der Waals surface area contributed by atoms with Crippen LogP contribution in [0, 0.1) is 0 Å². The highest BCUT2D eigenvalue weighted by Crippen LogP contribution is 2.36. The minimum atomic E-state index is -3.50. The summed E-state index contributed by atoms with van der Waals surface area (Å²) in [5, 5.41) is 12.7. The van der Waals surface area contributed by atoms with E-state index in [0.717, 1.165) is 19.3 Å². The molecule has 0 aliphatic heterocycles. The van der Waals surface area contributed by atoms with Gasteiger partial charge in [-0.3, -0.25) is 0 Å². The van der Waals surface area contributed by atoms with E-state index in [-0.39, 0.29) is 17.0 Å². The van der Waals surface area contributed by atoms with Crippen LogP contribution in [-0.2, 0) is 10.0 Å². The highest BCUT2D eigenvalue weighted by molar-refractivity contribution is 7.89. The number of aliphatic hydroxyl groups is 1. The molecule has 0 bridgehead atoms. The van der Waals surface area contributed by atoms with Gasteiger partial charge in [0.2, 0.25) is 10.0 Å². The van der Waals surface area contributed by atoms with Crippen LogP contribution in [0.2, 0.25) is 0 Å². The predicted molar refractivity (Wildman–Crippen MR) is 74.6 cm³/mol. The number of aliphatic hydroxyl groups excluding tert-OH is 1. The molecule has 1 aliphatic rings. The molecule has 1 aromatic rings. The first-order chi connectivity index (χ1) is 9.03. The summed E-state index contributed by atoms with van der Waals surface area (Å²) in [7, 11) is -3.50. The first-order valence-corrected chi connectivity index (χ1v) is 7.99. The molecule has 2 rings (SSSR count). The van der Waals surface area contributed by atoms with Gasteiger partial charge in [-0.15, -0.1) is 0 Å². The zero-order valence-electron chi connectivity index (χ0n) is 11.0. The number of para-hydroxylation sites is 1. The van der Waals surface area contributed by atoms with Gasteiger partial charge in [0, 0.05) is 6.54 Å². The summed E-state index contributed by atoms with van der Waals surface area (Å²) in [5.74, 6) is 0. The third-order valence-corrected chi connectivity index (χ3v) is 5.13. The number of hydrogen-bond acceptors (Lipinski definition) is 4. The van der Waals surface area contributed by atoms with Crippen LogP contribution in [0.5, 0.6) is 0 Å². The fourth-order valence-electron chi connectivity index (χ4n) is 2.28.